The summed E-state index contributed by atoms with van der Waals surface area (Å²) in [6.07, 6.45) is 6.00. The molecule has 2 heterocycles. The number of aromatic nitrogens is 2. The van der Waals surface area contributed by atoms with E-state index in [0.717, 1.165) is 42.8 Å². The largest absolute Gasteiger partial charge is 0.351 e. The maximum Gasteiger partial charge on any atom is 0.272 e. The van der Waals surface area contributed by atoms with E-state index in [1.807, 2.05) is 37.4 Å². The Morgan fingerprint density at radius 2 is 1.90 bits per heavy atom. The lowest BCUT2D eigenvalue weighted by Crippen LogP contribution is -2.46. The average molecular weight is 535 g/mol. The Bertz CT molecular complexity index is 1180. The van der Waals surface area contributed by atoms with Gasteiger partial charge in [0.1, 0.15) is 0 Å². The maximum atomic E-state index is 13.3. The molecule has 4 rings (SSSR count). The standard InChI is InChI=1S/C30H42N6O3/c1-22(2)13-17-35-16-7-10-28(38)36(18-14-23-8-5-4-6-9-23)21-27(37)32-24-11-12-26-25(20-24)29(33-34(26)3)30(39)31-15-19-35/h4-6,8-9,13,24H,7,10-12,14-21H2,1-3H3,(H,31,39)(H,32,37). The van der Waals surface area contributed by atoms with Crippen LogP contribution in [0.1, 0.15) is 60.4 Å². The first-order valence-corrected chi connectivity index (χ1v) is 14.1. The molecule has 210 valence electrons. The molecule has 0 spiro atoms. The second kappa shape index (κ2) is 13.6. The summed E-state index contributed by atoms with van der Waals surface area (Å²) in [5.41, 5.74) is 4.78. The molecule has 3 amide bonds. The second-order valence-electron chi connectivity index (χ2n) is 10.9. The average Bonchev–Trinajstić information content (AvgIpc) is 3.24. The molecule has 0 fully saturated rings. The van der Waals surface area contributed by atoms with Crippen molar-refractivity contribution in [2.75, 3.05) is 39.3 Å². The molecule has 2 aliphatic rings. The number of nitrogens with zero attached hydrogens (tertiary/aromatic N) is 4. The third kappa shape index (κ3) is 8.02. The highest BCUT2D eigenvalue weighted by Crippen LogP contribution is 2.24. The first-order chi connectivity index (χ1) is 18.8. The van der Waals surface area contributed by atoms with E-state index in [4.69, 9.17) is 0 Å². The molecule has 2 bridgehead atoms. The molecule has 2 aromatic rings. The van der Waals surface area contributed by atoms with Gasteiger partial charge in [-0.3, -0.25) is 24.0 Å². The van der Waals surface area contributed by atoms with Crippen LogP contribution in [0.3, 0.4) is 0 Å². The van der Waals surface area contributed by atoms with Crippen molar-refractivity contribution in [2.45, 2.75) is 58.4 Å². The predicted octanol–water partition coefficient (Wildman–Crippen LogP) is 2.26. The van der Waals surface area contributed by atoms with E-state index in [9.17, 15) is 14.4 Å². The Balaban J connectivity index is 1.53. The van der Waals surface area contributed by atoms with Gasteiger partial charge in [0.25, 0.3) is 5.91 Å². The van der Waals surface area contributed by atoms with Crippen molar-refractivity contribution in [1.82, 2.24) is 30.2 Å². The molecule has 0 saturated carbocycles. The topological polar surface area (TPSA) is 99.6 Å². The Morgan fingerprint density at radius 1 is 1.10 bits per heavy atom. The number of hydrogen-bond donors (Lipinski definition) is 2. The number of benzene rings is 1. The van der Waals surface area contributed by atoms with Crippen LogP contribution in [-0.2, 0) is 35.9 Å². The molecule has 0 radical (unpaired) electrons. The van der Waals surface area contributed by atoms with E-state index < -0.39 is 0 Å². The van der Waals surface area contributed by atoms with Crippen LogP contribution < -0.4 is 10.6 Å². The molecule has 1 aromatic heterocycles. The molecule has 1 aliphatic heterocycles. The summed E-state index contributed by atoms with van der Waals surface area (Å²) in [6, 6.07) is 9.96. The highest BCUT2D eigenvalue weighted by Gasteiger charge is 2.30. The van der Waals surface area contributed by atoms with Gasteiger partial charge in [-0.25, -0.2) is 0 Å². The SMILES string of the molecule is CC(C)=CCN1CCCC(=O)N(CCc2ccccc2)CC(=O)NC2CCc3c(c(nn3C)C(=O)NCC1)C2. The Hall–Kier alpha value is -3.46. The molecular formula is C30H42N6O3. The molecule has 1 aromatic carbocycles. The van der Waals surface area contributed by atoms with E-state index in [-0.39, 0.29) is 30.3 Å². The fraction of sp³-hybridized carbons (Fsp3) is 0.533. The fourth-order valence-electron chi connectivity index (χ4n) is 5.37. The predicted molar refractivity (Wildman–Crippen MR) is 151 cm³/mol. The minimum atomic E-state index is -0.174. The first-order valence-electron chi connectivity index (χ1n) is 14.1. The summed E-state index contributed by atoms with van der Waals surface area (Å²) in [4.78, 5) is 43.5. The van der Waals surface area contributed by atoms with E-state index in [0.29, 0.717) is 51.0 Å². The van der Waals surface area contributed by atoms with Gasteiger partial charge >= 0.3 is 0 Å². The zero-order chi connectivity index (χ0) is 27.8. The van der Waals surface area contributed by atoms with Crippen molar-refractivity contribution >= 4 is 17.7 Å². The lowest BCUT2D eigenvalue weighted by atomic mass is 9.91. The summed E-state index contributed by atoms with van der Waals surface area (Å²) < 4.78 is 1.80. The Kier molecular flexibility index (Phi) is 9.92. The smallest absolute Gasteiger partial charge is 0.272 e. The third-order valence-corrected chi connectivity index (χ3v) is 7.57. The molecule has 2 N–H and O–H groups in total. The van der Waals surface area contributed by atoms with Crippen LogP contribution in [-0.4, -0.2) is 82.6 Å². The normalized spacial score (nSPS) is 19.7. The van der Waals surface area contributed by atoms with E-state index >= 15 is 0 Å². The summed E-state index contributed by atoms with van der Waals surface area (Å²) in [6.45, 7) is 7.33. The molecule has 9 nitrogen and oxygen atoms in total. The molecule has 39 heavy (non-hydrogen) atoms. The van der Waals surface area contributed by atoms with Crippen molar-refractivity contribution in [1.29, 1.82) is 0 Å². The van der Waals surface area contributed by atoms with Gasteiger partial charge in [0.2, 0.25) is 11.8 Å². The number of nitrogens with one attached hydrogen (secondary N) is 2. The van der Waals surface area contributed by atoms with Crippen LogP contribution in [0.2, 0.25) is 0 Å². The quantitative estimate of drug-likeness (QED) is 0.574. The van der Waals surface area contributed by atoms with Crippen molar-refractivity contribution in [2.24, 2.45) is 7.05 Å². The number of rotatable bonds is 5. The first kappa shape index (κ1) is 28.5. The van der Waals surface area contributed by atoms with Crippen LogP contribution in [0.4, 0.5) is 0 Å². The summed E-state index contributed by atoms with van der Waals surface area (Å²) >= 11 is 0. The number of fused-ring (bicyclic) bond motifs is 1. The third-order valence-electron chi connectivity index (χ3n) is 7.57. The van der Waals surface area contributed by atoms with Gasteiger partial charge in [0.05, 0.1) is 6.54 Å². The van der Waals surface area contributed by atoms with Crippen molar-refractivity contribution in [3.05, 3.63) is 64.5 Å². The van der Waals surface area contributed by atoms with Crippen LogP contribution in [0, 0.1) is 0 Å². The van der Waals surface area contributed by atoms with Gasteiger partial charge in [0, 0.05) is 56.9 Å². The van der Waals surface area contributed by atoms with Crippen LogP contribution >= 0.6 is 0 Å². The van der Waals surface area contributed by atoms with Gasteiger partial charge in [-0.1, -0.05) is 42.0 Å². The minimum Gasteiger partial charge on any atom is -0.351 e. The number of aryl methyl sites for hydroxylation is 1. The Labute approximate surface area is 231 Å². The Morgan fingerprint density at radius 3 is 2.67 bits per heavy atom. The molecule has 1 aliphatic carbocycles. The van der Waals surface area contributed by atoms with Gasteiger partial charge in [-0.05, 0) is 58.1 Å². The van der Waals surface area contributed by atoms with Gasteiger partial charge in [-0.15, -0.1) is 0 Å². The highest BCUT2D eigenvalue weighted by atomic mass is 16.2. The van der Waals surface area contributed by atoms with Crippen molar-refractivity contribution in [3.8, 4) is 0 Å². The molecule has 1 unspecified atom stereocenters. The monoisotopic (exact) mass is 534 g/mol. The lowest BCUT2D eigenvalue weighted by Gasteiger charge is -2.27. The zero-order valence-electron chi connectivity index (χ0n) is 23.5. The molecule has 1 atom stereocenters. The number of carbonyl (C=O) groups excluding carboxylic acids is 3. The van der Waals surface area contributed by atoms with Crippen molar-refractivity contribution in [3.63, 3.8) is 0 Å². The van der Waals surface area contributed by atoms with Crippen LogP contribution in [0.5, 0.6) is 0 Å². The molecule has 0 saturated heterocycles. The summed E-state index contributed by atoms with van der Waals surface area (Å²) in [5, 5.41) is 10.7. The van der Waals surface area contributed by atoms with Gasteiger partial charge in [-0.2, -0.15) is 5.10 Å². The van der Waals surface area contributed by atoms with Crippen LogP contribution in [0.25, 0.3) is 0 Å². The molecule has 9 heteroatoms. The van der Waals surface area contributed by atoms with E-state index in [1.54, 1.807) is 9.58 Å². The number of amides is 3. The number of hydrogen-bond acceptors (Lipinski definition) is 5. The van der Waals surface area contributed by atoms with Crippen LogP contribution in [0.15, 0.2) is 42.0 Å². The van der Waals surface area contributed by atoms with E-state index in [1.165, 1.54) is 5.57 Å². The lowest BCUT2D eigenvalue weighted by molar-refractivity contribution is -0.136. The minimum absolute atomic E-state index is 0.00124. The summed E-state index contributed by atoms with van der Waals surface area (Å²) in [7, 11) is 1.87. The highest BCUT2D eigenvalue weighted by molar-refractivity contribution is 5.94. The zero-order valence-corrected chi connectivity index (χ0v) is 23.5. The van der Waals surface area contributed by atoms with Crippen molar-refractivity contribution < 1.29 is 14.4 Å². The molecular weight excluding hydrogens is 492 g/mol. The number of allylic oxidation sites excluding steroid dienone is 1. The number of carbonyl (C=O) groups is 3. The fourth-order valence-corrected chi connectivity index (χ4v) is 5.37. The summed E-state index contributed by atoms with van der Waals surface area (Å²) in [5.74, 6) is -0.330. The van der Waals surface area contributed by atoms with E-state index in [2.05, 4.69) is 40.6 Å². The second-order valence-corrected chi connectivity index (χ2v) is 10.9. The maximum absolute atomic E-state index is 13.3. The van der Waals surface area contributed by atoms with Gasteiger partial charge < -0.3 is 15.5 Å². The van der Waals surface area contributed by atoms with Gasteiger partial charge in [0.15, 0.2) is 5.69 Å².